The summed E-state index contributed by atoms with van der Waals surface area (Å²) in [6.45, 7) is 3.21. The first-order valence-corrected chi connectivity index (χ1v) is 8.71. The standard InChI is InChI=1S/C19H18ClN3O4/c1-10(21-19(26)13-5-3-4-6-14(13)20)17(24)22-12-7-8-16-15(9-12)23-18(25)11(2)27-16/h3-11H,1-2H3,(H,21,26)(H,22,24)(H,23,25)/t10-,11+/m0/s1. The predicted octanol–water partition coefficient (Wildman–Crippen LogP) is 2.82. The van der Waals surface area contributed by atoms with E-state index in [0.29, 0.717) is 27.7 Å². The van der Waals surface area contributed by atoms with Crippen LogP contribution in [0.5, 0.6) is 5.75 Å². The van der Waals surface area contributed by atoms with E-state index < -0.39 is 24.0 Å². The summed E-state index contributed by atoms with van der Waals surface area (Å²) in [5.41, 5.74) is 1.24. The number of carbonyl (C=O) groups is 3. The Balaban J connectivity index is 1.65. The summed E-state index contributed by atoms with van der Waals surface area (Å²) in [5.74, 6) is -0.582. The van der Waals surface area contributed by atoms with Crippen molar-refractivity contribution in [2.24, 2.45) is 0 Å². The van der Waals surface area contributed by atoms with E-state index in [1.807, 2.05) is 0 Å². The Morgan fingerprint density at radius 2 is 1.96 bits per heavy atom. The fourth-order valence-corrected chi connectivity index (χ4v) is 2.74. The Morgan fingerprint density at radius 1 is 1.22 bits per heavy atom. The van der Waals surface area contributed by atoms with E-state index in [1.54, 1.807) is 56.3 Å². The molecule has 0 saturated carbocycles. The Hall–Kier alpha value is -3.06. The molecule has 0 aliphatic carbocycles. The highest BCUT2D eigenvalue weighted by atomic mass is 35.5. The summed E-state index contributed by atoms with van der Waals surface area (Å²) in [6, 6.07) is 10.7. The number of hydrogen-bond donors (Lipinski definition) is 3. The molecule has 27 heavy (non-hydrogen) atoms. The molecule has 2 atom stereocenters. The molecule has 2 aromatic carbocycles. The zero-order valence-corrected chi connectivity index (χ0v) is 15.5. The third-order valence-corrected chi connectivity index (χ3v) is 4.37. The van der Waals surface area contributed by atoms with Gasteiger partial charge in [0.15, 0.2) is 6.10 Å². The van der Waals surface area contributed by atoms with Gasteiger partial charge in [0, 0.05) is 5.69 Å². The highest BCUT2D eigenvalue weighted by Gasteiger charge is 2.24. The topological polar surface area (TPSA) is 96.5 Å². The van der Waals surface area contributed by atoms with E-state index in [4.69, 9.17) is 16.3 Å². The number of halogens is 1. The second-order valence-electron chi connectivity index (χ2n) is 6.12. The number of amides is 3. The van der Waals surface area contributed by atoms with Crippen LogP contribution in [0.1, 0.15) is 24.2 Å². The van der Waals surface area contributed by atoms with Gasteiger partial charge < -0.3 is 20.7 Å². The van der Waals surface area contributed by atoms with E-state index in [-0.39, 0.29) is 5.91 Å². The fraction of sp³-hybridized carbons (Fsp3) is 0.211. The molecule has 0 bridgehead atoms. The van der Waals surface area contributed by atoms with Gasteiger partial charge >= 0.3 is 0 Å². The van der Waals surface area contributed by atoms with Gasteiger partial charge in [0.05, 0.1) is 16.3 Å². The van der Waals surface area contributed by atoms with Crippen LogP contribution in [-0.2, 0) is 9.59 Å². The summed E-state index contributed by atoms with van der Waals surface area (Å²) in [5, 5.41) is 8.32. The molecule has 140 valence electrons. The average Bonchev–Trinajstić information content (AvgIpc) is 2.63. The van der Waals surface area contributed by atoms with Crippen molar-refractivity contribution >= 4 is 40.7 Å². The molecule has 0 unspecified atom stereocenters. The molecule has 1 aliphatic rings. The molecule has 0 aromatic heterocycles. The summed E-state index contributed by atoms with van der Waals surface area (Å²) in [7, 11) is 0. The normalized spacial score (nSPS) is 16.4. The molecule has 3 N–H and O–H groups in total. The van der Waals surface area contributed by atoms with Crippen LogP contribution >= 0.6 is 11.6 Å². The van der Waals surface area contributed by atoms with Crippen LogP contribution in [0.3, 0.4) is 0 Å². The van der Waals surface area contributed by atoms with Gasteiger partial charge in [0.25, 0.3) is 11.8 Å². The molecule has 0 spiro atoms. The van der Waals surface area contributed by atoms with Gasteiger partial charge in [0.2, 0.25) is 5.91 Å². The number of anilines is 2. The molecule has 0 fully saturated rings. The minimum absolute atomic E-state index is 0.258. The molecule has 1 heterocycles. The van der Waals surface area contributed by atoms with Crippen molar-refractivity contribution < 1.29 is 19.1 Å². The number of benzene rings is 2. The number of rotatable bonds is 4. The fourth-order valence-electron chi connectivity index (χ4n) is 2.52. The predicted molar refractivity (Wildman–Crippen MR) is 102 cm³/mol. The minimum Gasteiger partial charge on any atom is -0.479 e. The van der Waals surface area contributed by atoms with Gasteiger partial charge in [0.1, 0.15) is 11.8 Å². The van der Waals surface area contributed by atoms with Gasteiger partial charge in [-0.05, 0) is 44.2 Å². The Labute approximate surface area is 161 Å². The lowest BCUT2D eigenvalue weighted by atomic mass is 10.2. The van der Waals surface area contributed by atoms with E-state index in [9.17, 15) is 14.4 Å². The van der Waals surface area contributed by atoms with Crippen molar-refractivity contribution in [3.8, 4) is 5.75 Å². The molecule has 2 aromatic rings. The third kappa shape index (κ3) is 4.20. The summed E-state index contributed by atoms with van der Waals surface area (Å²) in [6.07, 6.45) is -0.571. The van der Waals surface area contributed by atoms with Crippen LogP contribution in [0.2, 0.25) is 5.02 Å². The van der Waals surface area contributed by atoms with Crippen LogP contribution in [0, 0.1) is 0 Å². The second kappa shape index (κ2) is 7.67. The van der Waals surface area contributed by atoms with Gasteiger partial charge in [-0.1, -0.05) is 23.7 Å². The first-order chi connectivity index (χ1) is 12.8. The Kier molecular flexibility index (Phi) is 5.32. The zero-order chi connectivity index (χ0) is 19.6. The van der Waals surface area contributed by atoms with Crippen LogP contribution in [0.15, 0.2) is 42.5 Å². The lowest BCUT2D eigenvalue weighted by Gasteiger charge is -2.24. The molecule has 3 amide bonds. The molecule has 8 heteroatoms. The van der Waals surface area contributed by atoms with Gasteiger partial charge in [-0.25, -0.2) is 0 Å². The van der Waals surface area contributed by atoms with E-state index in [1.165, 1.54) is 0 Å². The Morgan fingerprint density at radius 3 is 2.70 bits per heavy atom. The molecule has 1 aliphatic heterocycles. The maximum atomic E-state index is 12.4. The Bertz CT molecular complexity index is 916. The number of ether oxygens (including phenoxy) is 1. The molecule has 3 rings (SSSR count). The van der Waals surface area contributed by atoms with E-state index in [0.717, 1.165) is 0 Å². The molecular formula is C19H18ClN3O4. The number of nitrogens with one attached hydrogen (secondary N) is 3. The van der Waals surface area contributed by atoms with Crippen molar-refractivity contribution in [3.63, 3.8) is 0 Å². The van der Waals surface area contributed by atoms with Gasteiger partial charge in [-0.3, -0.25) is 14.4 Å². The van der Waals surface area contributed by atoms with Crippen molar-refractivity contribution in [1.29, 1.82) is 0 Å². The quantitative estimate of drug-likeness (QED) is 0.751. The van der Waals surface area contributed by atoms with Crippen molar-refractivity contribution in [2.45, 2.75) is 26.0 Å². The summed E-state index contributed by atoms with van der Waals surface area (Å²) < 4.78 is 5.47. The lowest BCUT2D eigenvalue weighted by molar-refractivity contribution is -0.122. The number of hydrogen-bond acceptors (Lipinski definition) is 4. The van der Waals surface area contributed by atoms with Crippen LogP contribution in [0.4, 0.5) is 11.4 Å². The zero-order valence-electron chi connectivity index (χ0n) is 14.7. The van der Waals surface area contributed by atoms with Crippen molar-refractivity contribution in [3.05, 3.63) is 53.1 Å². The third-order valence-electron chi connectivity index (χ3n) is 4.04. The second-order valence-corrected chi connectivity index (χ2v) is 6.53. The van der Waals surface area contributed by atoms with Crippen LogP contribution < -0.4 is 20.7 Å². The largest absolute Gasteiger partial charge is 0.479 e. The van der Waals surface area contributed by atoms with Gasteiger partial charge in [-0.2, -0.15) is 0 Å². The van der Waals surface area contributed by atoms with Crippen molar-refractivity contribution in [1.82, 2.24) is 5.32 Å². The highest BCUT2D eigenvalue weighted by Crippen LogP contribution is 2.32. The van der Waals surface area contributed by atoms with Crippen LogP contribution in [-0.4, -0.2) is 29.9 Å². The number of carbonyl (C=O) groups excluding carboxylic acids is 3. The summed E-state index contributed by atoms with van der Waals surface area (Å²) in [4.78, 5) is 36.3. The van der Waals surface area contributed by atoms with E-state index in [2.05, 4.69) is 16.0 Å². The minimum atomic E-state index is -0.796. The monoisotopic (exact) mass is 387 g/mol. The number of fused-ring (bicyclic) bond motifs is 1. The molecular weight excluding hydrogens is 370 g/mol. The van der Waals surface area contributed by atoms with E-state index >= 15 is 0 Å². The SMILES string of the molecule is C[C@H](NC(=O)c1ccccc1Cl)C(=O)Nc1ccc2c(c1)NC(=O)[C@@H](C)O2. The van der Waals surface area contributed by atoms with Crippen molar-refractivity contribution in [2.75, 3.05) is 10.6 Å². The maximum absolute atomic E-state index is 12.4. The summed E-state index contributed by atoms with van der Waals surface area (Å²) >= 11 is 5.99. The molecule has 7 nitrogen and oxygen atoms in total. The average molecular weight is 388 g/mol. The smallest absolute Gasteiger partial charge is 0.265 e. The molecule has 0 saturated heterocycles. The van der Waals surface area contributed by atoms with Gasteiger partial charge in [-0.15, -0.1) is 0 Å². The maximum Gasteiger partial charge on any atom is 0.265 e. The highest BCUT2D eigenvalue weighted by molar-refractivity contribution is 6.33. The van der Waals surface area contributed by atoms with Crippen LogP contribution in [0.25, 0.3) is 0 Å². The molecule has 0 radical (unpaired) electrons. The first kappa shape index (κ1) is 18.7. The lowest BCUT2D eigenvalue weighted by Crippen LogP contribution is -2.41. The first-order valence-electron chi connectivity index (χ1n) is 8.33.